The zero-order chi connectivity index (χ0) is 10.1. The SMILES string of the molecule is O=[S@](c1ccc(B(O)O)cc1)C1CC1. The summed E-state index contributed by atoms with van der Waals surface area (Å²) in [5.41, 5.74) is 0.432. The molecule has 1 fully saturated rings. The average molecular weight is 210 g/mol. The normalized spacial score (nSPS) is 17.9. The first-order chi connectivity index (χ1) is 6.68. The van der Waals surface area contributed by atoms with E-state index in [4.69, 9.17) is 10.0 Å². The van der Waals surface area contributed by atoms with Crippen LogP contribution in [0.25, 0.3) is 0 Å². The van der Waals surface area contributed by atoms with Gasteiger partial charge in [0.2, 0.25) is 0 Å². The Morgan fingerprint density at radius 1 is 1.21 bits per heavy atom. The van der Waals surface area contributed by atoms with Gasteiger partial charge in [-0.15, -0.1) is 0 Å². The Morgan fingerprint density at radius 2 is 1.79 bits per heavy atom. The minimum atomic E-state index is -1.45. The van der Waals surface area contributed by atoms with Crippen LogP contribution in [0.1, 0.15) is 12.8 Å². The number of hydrogen-bond donors (Lipinski definition) is 2. The molecule has 5 heteroatoms. The minimum absolute atomic E-state index is 0.319. The molecule has 0 heterocycles. The van der Waals surface area contributed by atoms with Gasteiger partial charge >= 0.3 is 7.12 Å². The Morgan fingerprint density at radius 3 is 2.21 bits per heavy atom. The predicted molar refractivity (Wildman–Crippen MR) is 55.7 cm³/mol. The second kappa shape index (κ2) is 3.84. The van der Waals surface area contributed by atoms with Crippen molar-refractivity contribution >= 4 is 23.4 Å². The molecule has 1 aromatic rings. The lowest BCUT2D eigenvalue weighted by Crippen LogP contribution is -2.29. The fourth-order valence-corrected chi connectivity index (χ4v) is 2.60. The summed E-state index contributed by atoms with van der Waals surface area (Å²) in [6.45, 7) is 0. The van der Waals surface area contributed by atoms with Gasteiger partial charge in [-0.05, 0) is 30.4 Å². The predicted octanol–water partition coefficient (Wildman–Crippen LogP) is -0.364. The molecule has 0 aliphatic heterocycles. The Bertz CT molecular complexity index is 346. The van der Waals surface area contributed by atoms with E-state index < -0.39 is 17.9 Å². The van der Waals surface area contributed by atoms with Crippen molar-refractivity contribution in [3.63, 3.8) is 0 Å². The topological polar surface area (TPSA) is 57.5 Å². The summed E-state index contributed by atoms with van der Waals surface area (Å²) in [6.07, 6.45) is 2.08. The van der Waals surface area contributed by atoms with E-state index in [1.54, 1.807) is 24.3 Å². The van der Waals surface area contributed by atoms with E-state index in [2.05, 4.69) is 0 Å². The molecule has 74 valence electrons. The van der Waals surface area contributed by atoms with Crippen molar-refractivity contribution in [2.24, 2.45) is 0 Å². The van der Waals surface area contributed by atoms with Crippen LogP contribution in [0.5, 0.6) is 0 Å². The fraction of sp³-hybridized carbons (Fsp3) is 0.333. The zero-order valence-corrected chi connectivity index (χ0v) is 8.41. The Hall–Kier alpha value is -0.645. The molecule has 0 amide bonds. The molecule has 2 rings (SSSR count). The van der Waals surface area contributed by atoms with Crippen LogP contribution in [0.2, 0.25) is 0 Å². The maximum atomic E-state index is 11.7. The van der Waals surface area contributed by atoms with Crippen LogP contribution >= 0.6 is 0 Å². The third-order valence-electron chi connectivity index (χ3n) is 2.24. The maximum Gasteiger partial charge on any atom is 0.488 e. The molecule has 1 saturated carbocycles. The van der Waals surface area contributed by atoms with Gasteiger partial charge in [0.25, 0.3) is 0 Å². The Labute approximate surface area is 85.4 Å². The van der Waals surface area contributed by atoms with Crippen molar-refractivity contribution in [2.45, 2.75) is 23.0 Å². The molecule has 0 spiro atoms. The van der Waals surface area contributed by atoms with E-state index >= 15 is 0 Å². The van der Waals surface area contributed by atoms with Gasteiger partial charge in [-0.2, -0.15) is 0 Å². The lowest BCUT2D eigenvalue weighted by Gasteiger charge is -2.02. The quantitative estimate of drug-likeness (QED) is 0.669. The summed E-state index contributed by atoms with van der Waals surface area (Å²) in [5.74, 6) is 0. The molecule has 1 aliphatic carbocycles. The largest absolute Gasteiger partial charge is 0.488 e. The van der Waals surface area contributed by atoms with Crippen LogP contribution < -0.4 is 5.46 Å². The van der Waals surface area contributed by atoms with Gasteiger partial charge < -0.3 is 10.0 Å². The highest BCUT2D eigenvalue weighted by Crippen LogP contribution is 2.29. The van der Waals surface area contributed by atoms with E-state index in [-0.39, 0.29) is 0 Å². The van der Waals surface area contributed by atoms with Gasteiger partial charge in [-0.3, -0.25) is 4.21 Å². The second-order valence-corrected chi connectivity index (χ2v) is 5.17. The number of benzene rings is 1. The molecule has 3 nitrogen and oxygen atoms in total. The van der Waals surface area contributed by atoms with Crippen molar-refractivity contribution in [2.75, 3.05) is 0 Å². The van der Waals surface area contributed by atoms with Gasteiger partial charge in [0.1, 0.15) is 0 Å². The molecule has 0 radical (unpaired) electrons. The smallest absolute Gasteiger partial charge is 0.423 e. The molecule has 0 aromatic heterocycles. The molecular weight excluding hydrogens is 199 g/mol. The zero-order valence-electron chi connectivity index (χ0n) is 7.59. The summed E-state index contributed by atoms with van der Waals surface area (Å²) in [5, 5.41) is 18.0. The lowest BCUT2D eigenvalue weighted by molar-refractivity contribution is 0.425. The Balaban J connectivity index is 2.16. The van der Waals surface area contributed by atoms with Gasteiger partial charge in [0.05, 0.1) is 10.8 Å². The van der Waals surface area contributed by atoms with Crippen LogP contribution in [0, 0.1) is 0 Å². The summed E-state index contributed by atoms with van der Waals surface area (Å²) < 4.78 is 11.7. The molecule has 2 N–H and O–H groups in total. The van der Waals surface area contributed by atoms with Gasteiger partial charge in [0, 0.05) is 10.1 Å². The average Bonchev–Trinajstić information content (AvgIpc) is 3.00. The molecule has 0 bridgehead atoms. The minimum Gasteiger partial charge on any atom is -0.423 e. The maximum absolute atomic E-state index is 11.7. The standard InChI is InChI=1S/C9H11BO3S/c11-10(12)7-1-3-8(4-2-7)14(13)9-5-6-9/h1-4,9,11-12H,5-6H2/t14-/m1/s1. The Kier molecular flexibility index (Phi) is 2.72. The molecule has 1 atom stereocenters. The highest BCUT2D eigenvalue weighted by atomic mass is 32.2. The molecule has 0 unspecified atom stereocenters. The highest BCUT2D eigenvalue weighted by molar-refractivity contribution is 7.86. The van der Waals surface area contributed by atoms with E-state index in [0.29, 0.717) is 10.7 Å². The van der Waals surface area contributed by atoms with E-state index in [1.165, 1.54) is 0 Å². The molecule has 14 heavy (non-hydrogen) atoms. The third-order valence-corrected chi connectivity index (χ3v) is 4.05. The lowest BCUT2D eigenvalue weighted by atomic mass is 9.81. The third kappa shape index (κ3) is 2.05. The summed E-state index contributed by atoms with van der Waals surface area (Å²) in [4.78, 5) is 0.775. The van der Waals surface area contributed by atoms with E-state index in [1.807, 2.05) is 0 Å². The molecule has 1 aliphatic rings. The summed E-state index contributed by atoms with van der Waals surface area (Å²) in [6, 6.07) is 6.59. The van der Waals surface area contributed by atoms with Crippen molar-refractivity contribution < 1.29 is 14.3 Å². The number of hydrogen-bond acceptors (Lipinski definition) is 3. The van der Waals surface area contributed by atoms with E-state index in [9.17, 15) is 4.21 Å². The van der Waals surface area contributed by atoms with Crippen molar-refractivity contribution in [1.29, 1.82) is 0 Å². The molecule has 1 aromatic carbocycles. The van der Waals surface area contributed by atoms with Gasteiger partial charge in [-0.1, -0.05) is 12.1 Å². The van der Waals surface area contributed by atoms with Gasteiger partial charge in [-0.25, -0.2) is 0 Å². The van der Waals surface area contributed by atoms with Crippen molar-refractivity contribution in [1.82, 2.24) is 0 Å². The van der Waals surface area contributed by atoms with Crippen molar-refractivity contribution in [3.8, 4) is 0 Å². The van der Waals surface area contributed by atoms with Crippen LogP contribution in [0.15, 0.2) is 29.2 Å². The first-order valence-corrected chi connectivity index (χ1v) is 5.76. The molecule has 0 saturated heterocycles. The first-order valence-electron chi connectivity index (χ1n) is 4.55. The van der Waals surface area contributed by atoms with Crippen LogP contribution in [0.4, 0.5) is 0 Å². The van der Waals surface area contributed by atoms with E-state index in [0.717, 1.165) is 17.7 Å². The second-order valence-electron chi connectivity index (χ2n) is 3.44. The summed E-state index contributed by atoms with van der Waals surface area (Å²) >= 11 is 0. The summed E-state index contributed by atoms with van der Waals surface area (Å²) in [7, 11) is -2.35. The van der Waals surface area contributed by atoms with Crippen LogP contribution in [-0.4, -0.2) is 26.6 Å². The van der Waals surface area contributed by atoms with Crippen LogP contribution in [-0.2, 0) is 10.8 Å². The fourth-order valence-electron chi connectivity index (χ4n) is 1.25. The molecular formula is C9H11BO3S. The first kappa shape index (κ1) is 9.89. The van der Waals surface area contributed by atoms with Crippen molar-refractivity contribution in [3.05, 3.63) is 24.3 Å². The monoisotopic (exact) mass is 210 g/mol. The van der Waals surface area contributed by atoms with Gasteiger partial charge in [0.15, 0.2) is 0 Å². The van der Waals surface area contributed by atoms with Crippen LogP contribution in [0.3, 0.4) is 0 Å². The number of rotatable bonds is 3. The highest BCUT2D eigenvalue weighted by Gasteiger charge is 2.29.